The standard InChI is InChI=1S/C8H14O2/c1-5(2)3-6-4-7(6)8(9)10/h5-7H,3-4H2,1-2H3,(H,9,10)/t6-,7+/m1/s1. The van der Waals surface area contributed by atoms with Crippen molar-refractivity contribution in [3.8, 4) is 0 Å². The number of carboxylic acid groups (broad SMARTS) is 1. The fraction of sp³-hybridized carbons (Fsp3) is 0.875. The van der Waals surface area contributed by atoms with Gasteiger partial charge in [-0.2, -0.15) is 0 Å². The van der Waals surface area contributed by atoms with Crippen LogP contribution in [0.2, 0.25) is 0 Å². The number of aliphatic carboxylic acids is 1. The molecule has 10 heavy (non-hydrogen) atoms. The maximum atomic E-state index is 10.4. The van der Waals surface area contributed by atoms with E-state index in [1.165, 1.54) is 0 Å². The van der Waals surface area contributed by atoms with Gasteiger partial charge in [-0.1, -0.05) is 13.8 Å². The largest absolute Gasteiger partial charge is 0.481 e. The second kappa shape index (κ2) is 2.60. The Kier molecular flexibility index (Phi) is 1.97. The highest BCUT2D eigenvalue weighted by Crippen LogP contribution is 2.42. The van der Waals surface area contributed by atoms with Crippen LogP contribution in [-0.4, -0.2) is 11.1 Å². The lowest BCUT2D eigenvalue weighted by atomic mass is 10.1. The molecule has 1 rings (SSSR count). The Morgan fingerprint density at radius 2 is 2.30 bits per heavy atom. The Labute approximate surface area is 61.2 Å². The third-order valence-electron chi connectivity index (χ3n) is 2.01. The minimum Gasteiger partial charge on any atom is -0.481 e. The second-order valence-corrected chi connectivity index (χ2v) is 3.57. The van der Waals surface area contributed by atoms with Crippen molar-refractivity contribution in [2.45, 2.75) is 26.7 Å². The number of carboxylic acids is 1. The Morgan fingerprint density at radius 3 is 2.60 bits per heavy atom. The first-order valence-electron chi connectivity index (χ1n) is 3.84. The number of hydrogen-bond donors (Lipinski definition) is 1. The van der Waals surface area contributed by atoms with Crippen molar-refractivity contribution in [1.82, 2.24) is 0 Å². The predicted octanol–water partition coefficient (Wildman–Crippen LogP) is 1.75. The minimum absolute atomic E-state index is 0.0117. The highest BCUT2D eigenvalue weighted by molar-refractivity contribution is 5.73. The molecule has 58 valence electrons. The van der Waals surface area contributed by atoms with E-state index in [9.17, 15) is 4.79 Å². The maximum absolute atomic E-state index is 10.4. The average Bonchev–Trinajstić information content (AvgIpc) is 2.43. The Balaban J connectivity index is 2.20. The molecule has 0 radical (unpaired) electrons. The quantitative estimate of drug-likeness (QED) is 0.651. The summed E-state index contributed by atoms with van der Waals surface area (Å²) in [5.41, 5.74) is 0. The van der Waals surface area contributed by atoms with Crippen molar-refractivity contribution >= 4 is 5.97 Å². The van der Waals surface area contributed by atoms with E-state index in [-0.39, 0.29) is 5.92 Å². The van der Waals surface area contributed by atoms with E-state index in [2.05, 4.69) is 13.8 Å². The molecule has 0 bridgehead atoms. The van der Waals surface area contributed by atoms with Gasteiger partial charge in [-0.15, -0.1) is 0 Å². The van der Waals surface area contributed by atoms with Gasteiger partial charge in [-0.25, -0.2) is 0 Å². The van der Waals surface area contributed by atoms with Crippen molar-refractivity contribution in [3.05, 3.63) is 0 Å². The van der Waals surface area contributed by atoms with Crippen LogP contribution in [0.3, 0.4) is 0 Å². The first-order valence-corrected chi connectivity index (χ1v) is 3.84. The molecule has 0 unspecified atom stereocenters. The molecule has 1 aliphatic carbocycles. The molecular formula is C8H14O2. The van der Waals surface area contributed by atoms with Crippen molar-refractivity contribution < 1.29 is 9.90 Å². The number of hydrogen-bond acceptors (Lipinski definition) is 1. The molecule has 1 fully saturated rings. The normalized spacial score (nSPS) is 30.7. The van der Waals surface area contributed by atoms with Gasteiger partial charge in [-0.05, 0) is 24.7 Å². The zero-order valence-electron chi connectivity index (χ0n) is 6.50. The smallest absolute Gasteiger partial charge is 0.306 e. The molecule has 2 atom stereocenters. The van der Waals surface area contributed by atoms with Gasteiger partial charge in [-0.3, -0.25) is 4.79 Å². The van der Waals surface area contributed by atoms with Crippen LogP contribution in [0.5, 0.6) is 0 Å². The van der Waals surface area contributed by atoms with Gasteiger partial charge in [0.2, 0.25) is 0 Å². The summed E-state index contributed by atoms with van der Waals surface area (Å²) < 4.78 is 0. The van der Waals surface area contributed by atoms with Crippen LogP contribution in [0.1, 0.15) is 26.7 Å². The summed E-state index contributed by atoms with van der Waals surface area (Å²) in [6, 6.07) is 0. The predicted molar refractivity (Wildman–Crippen MR) is 38.7 cm³/mol. The van der Waals surface area contributed by atoms with E-state index in [0.29, 0.717) is 11.8 Å². The second-order valence-electron chi connectivity index (χ2n) is 3.57. The third-order valence-corrected chi connectivity index (χ3v) is 2.01. The van der Waals surface area contributed by atoms with Crippen molar-refractivity contribution in [2.24, 2.45) is 17.8 Å². The topological polar surface area (TPSA) is 37.3 Å². The summed E-state index contributed by atoms with van der Waals surface area (Å²) >= 11 is 0. The monoisotopic (exact) mass is 142 g/mol. The van der Waals surface area contributed by atoms with E-state index < -0.39 is 5.97 Å². The Hall–Kier alpha value is -0.530. The van der Waals surface area contributed by atoms with Crippen LogP contribution in [0, 0.1) is 17.8 Å². The molecule has 2 heteroatoms. The summed E-state index contributed by atoms with van der Waals surface area (Å²) in [6.07, 6.45) is 1.99. The van der Waals surface area contributed by atoms with Gasteiger partial charge >= 0.3 is 5.97 Å². The molecular weight excluding hydrogens is 128 g/mol. The molecule has 0 aromatic heterocycles. The molecule has 1 N–H and O–H groups in total. The van der Waals surface area contributed by atoms with E-state index in [1.54, 1.807) is 0 Å². The molecule has 0 aliphatic heterocycles. The van der Waals surface area contributed by atoms with E-state index >= 15 is 0 Å². The molecule has 0 aromatic carbocycles. The van der Waals surface area contributed by atoms with Crippen LogP contribution in [0.15, 0.2) is 0 Å². The summed E-state index contributed by atoms with van der Waals surface area (Å²) in [5, 5.41) is 8.54. The van der Waals surface area contributed by atoms with Gasteiger partial charge in [0.05, 0.1) is 5.92 Å². The van der Waals surface area contributed by atoms with E-state index in [1.807, 2.05) is 0 Å². The summed E-state index contributed by atoms with van der Waals surface area (Å²) in [6.45, 7) is 4.27. The molecule has 2 nitrogen and oxygen atoms in total. The van der Waals surface area contributed by atoms with Crippen molar-refractivity contribution in [3.63, 3.8) is 0 Å². The van der Waals surface area contributed by atoms with Crippen LogP contribution in [0.4, 0.5) is 0 Å². The van der Waals surface area contributed by atoms with Gasteiger partial charge in [0, 0.05) is 0 Å². The lowest BCUT2D eigenvalue weighted by molar-refractivity contribution is -0.138. The first kappa shape index (κ1) is 7.58. The minimum atomic E-state index is -0.606. The van der Waals surface area contributed by atoms with Gasteiger partial charge in [0.15, 0.2) is 0 Å². The average molecular weight is 142 g/mol. The molecule has 1 aliphatic rings. The fourth-order valence-corrected chi connectivity index (χ4v) is 1.42. The molecule has 0 heterocycles. The van der Waals surface area contributed by atoms with Crippen LogP contribution < -0.4 is 0 Å². The highest BCUT2D eigenvalue weighted by Gasteiger charge is 2.42. The molecule has 0 aromatic rings. The Bertz CT molecular complexity index is 140. The van der Waals surface area contributed by atoms with Gasteiger partial charge in [0.1, 0.15) is 0 Å². The third kappa shape index (κ3) is 1.72. The fourth-order valence-electron chi connectivity index (χ4n) is 1.42. The molecule has 1 saturated carbocycles. The van der Waals surface area contributed by atoms with E-state index in [0.717, 1.165) is 12.8 Å². The molecule has 0 amide bonds. The van der Waals surface area contributed by atoms with Gasteiger partial charge in [0.25, 0.3) is 0 Å². The lowest BCUT2D eigenvalue weighted by Gasteiger charge is -2.00. The lowest BCUT2D eigenvalue weighted by Crippen LogP contribution is -2.00. The molecule has 0 saturated heterocycles. The summed E-state index contributed by atoms with van der Waals surface area (Å²) in [7, 11) is 0. The van der Waals surface area contributed by atoms with E-state index in [4.69, 9.17) is 5.11 Å². The summed E-state index contributed by atoms with van der Waals surface area (Å²) in [5.74, 6) is 0.514. The highest BCUT2D eigenvalue weighted by atomic mass is 16.4. The number of rotatable bonds is 3. The zero-order chi connectivity index (χ0) is 7.72. The summed E-state index contributed by atoms with van der Waals surface area (Å²) in [4.78, 5) is 10.4. The number of carbonyl (C=O) groups is 1. The van der Waals surface area contributed by atoms with Crippen molar-refractivity contribution in [2.75, 3.05) is 0 Å². The van der Waals surface area contributed by atoms with Crippen LogP contribution in [-0.2, 0) is 4.79 Å². The van der Waals surface area contributed by atoms with Crippen LogP contribution in [0.25, 0.3) is 0 Å². The van der Waals surface area contributed by atoms with Crippen LogP contribution >= 0.6 is 0 Å². The van der Waals surface area contributed by atoms with Crippen molar-refractivity contribution in [1.29, 1.82) is 0 Å². The molecule has 0 spiro atoms. The van der Waals surface area contributed by atoms with Gasteiger partial charge < -0.3 is 5.11 Å². The SMILES string of the molecule is CC(C)C[C@@H]1C[C@@H]1C(=O)O. The first-order chi connectivity index (χ1) is 4.61. The maximum Gasteiger partial charge on any atom is 0.306 e. The zero-order valence-corrected chi connectivity index (χ0v) is 6.50. The Morgan fingerprint density at radius 1 is 1.70 bits per heavy atom.